The highest BCUT2D eigenvalue weighted by molar-refractivity contribution is 7.89. The predicted octanol–water partition coefficient (Wildman–Crippen LogP) is 1.93. The number of carbonyl (C=O) groups is 1. The van der Waals surface area contributed by atoms with Gasteiger partial charge in [-0.25, -0.2) is 8.42 Å². The monoisotopic (exact) mass is 342 g/mol. The van der Waals surface area contributed by atoms with E-state index in [9.17, 15) is 13.2 Å². The number of sulfonamides is 1. The minimum atomic E-state index is -3.71. The zero-order valence-electron chi connectivity index (χ0n) is 14.3. The van der Waals surface area contributed by atoms with Crippen molar-refractivity contribution < 1.29 is 17.9 Å². The minimum absolute atomic E-state index is 0.166. The Morgan fingerprint density at radius 1 is 1.30 bits per heavy atom. The summed E-state index contributed by atoms with van der Waals surface area (Å²) < 4.78 is 31.7. The summed E-state index contributed by atoms with van der Waals surface area (Å²) in [7, 11) is -2.17. The third-order valence-corrected chi connectivity index (χ3v) is 5.45. The zero-order chi connectivity index (χ0) is 17.5. The molecule has 1 rings (SSSR count). The van der Waals surface area contributed by atoms with E-state index in [-0.39, 0.29) is 23.9 Å². The summed E-state index contributed by atoms with van der Waals surface area (Å²) in [5, 5.41) is 2.74. The fourth-order valence-electron chi connectivity index (χ4n) is 2.15. The van der Waals surface area contributed by atoms with Crippen LogP contribution in [-0.4, -0.2) is 45.4 Å². The van der Waals surface area contributed by atoms with Crippen LogP contribution in [0.2, 0.25) is 0 Å². The van der Waals surface area contributed by atoms with Crippen molar-refractivity contribution in [1.29, 1.82) is 0 Å². The SMILES string of the molecule is CCCCNC(=O)CN(CC)S(=O)(=O)c1ccc(OC)c(C)c1. The van der Waals surface area contributed by atoms with E-state index < -0.39 is 10.0 Å². The molecule has 0 fully saturated rings. The van der Waals surface area contributed by atoms with Crippen molar-refractivity contribution in [3.63, 3.8) is 0 Å². The van der Waals surface area contributed by atoms with Gasteiger partial charge in [-0.15, -0.1) is 0 Å². The molecule has 0 aliphatic heterocycles. The first-order valence-corrected chi connectivity index (χ1v) is 9.22. The van der Waals surface area contributed by atoms with Gasteiger partial charge in [0.15, 0.2) is 0 Å². The quantitative estimate of drug-likeness (QED) is 0.696. The van der Waals surface area contributed by atoms with Crippen molar-refractivity contribution >= 4 is 15.9 Å². The van der Waals surface area contributed by atoms with Crippen LogP contribution >= 0.6 is 0 Å². The van der Waals surface area contributed by atoms with E-state index >= 15 is 0 Å². The first-order valence-electron chi connectivity index (χ1n) is 7.78. The van der Waals surface area contributed by atoms with Gasteiger partial charge in [-0.1, -0.05) is 20.3 Å². The number of benzene rings is 1. The molecule has 23 heavy (non-hydrogen) atoms. The van der Waals surface area contributed by atoms with Gasteiger partial charge in [0.2, 0.25) is 15.9 Å². The van der Waals surface area contributed by atoms with Gasteiger partial charge < -0.3 is 10.1 Å². The van der Waals surface area contributed by atoms with Crippen LogP contribution in [0.1, 0.15) is 32.3 Å². The Kier molecular flexibility index (Phi) is 7.51. The summed E-state index contributed by atoms with van der Waals surface area (Å²) in [6, 6.07) is 4.68. The average molecular weight is 342 g/mol. The lowest BCUT2D eigenvalue weighted by Gasteiger charge is -2.20. The molecule has 0 bridgehead atoms. The lowest BCUT2D eigenvalue weighted by molar-refractivity contribution is -0.121. The van der Waals surface area contributed by atoms with Gasteiger partial charge in [0.1, 0.15) is 5.75 Å². The molecule has 0 saturated carbocycles. The number of amides is 1. The number of carbonyl (C=O) groups excluding carboxylic acids is 1. The van der Waals surface area contributed by atoms with Crippen LogP contribution in [0.4, 0.5) is 0 Å². The molecule has 6 nitrogen and oxygen atoms in total. The topological polar surface area (TPSA) is 75.7 Å². The number of ether oxygens (including phenoxy) is 1. The molecule has 7 heteroatoms. The molecule has 1 aromatic carbocycles. The van der Waals surface area contributed by atoms with E-state index in [1.165, 1.54) is 17.5 Å². The number of aryl methyl sites for hydroxylation is 1. The second-order valence-electron chi connectivity index (χ2n) is 5.27. The zero-order valence-corrected chi connectivity index (χ0v) is 15.1. The maximum atomic E-state index is 12.7. The molecule has 0 radical (unpaired) electrons. The molecule has 0 spiro atoms. The summed E-state index contributed by atoms with van der Waals surface area (Å²) in [5.74, 6) is 0.346. The highest BCUT2D eigenvalue weighted by Gasteiger charge is 2.25. The Labute approximate surface area is 138 Å². The van der Waals surface area contributed by atoms with Crippen LogP contribution in [0.25, 0.3) is 0 Å². The molecule has 0 heterocycles. The lowest BCUT2D eigenvalue weighted by Crippen LogP contribution is -2.40. The molecular formula is C16H26N2O4S. The summed E-state index contributed by atoms with van der Waals surface area (Å²) in [6.45, 7) is 6.15. The van der Waals surface area contributed by atoms with Crippen LogP contribution in [0.5, 0.6) is 5.75 Å². The van der Waals surface area contributed by atoms with Crippen molar-refractivity contribution in [2.45, 2.75) is 38.5 Å². The third kappa shape index (κ3) is 5.21. The second kappa shape index (κ2) is 8.88. The molecule has 1 aromatic rings. The van der Waals surface area contributed by atoms with Crippen LogP contribution in [0, 0.1) is 6.92 Å². The minimum Gasteiger partial charge on any atom is -0.496 e. The molecule has 1 N–H and O–H groups in total. The number of hydrogen-bond donors (Lipinski definition) is 1. The van der Waals surface area contributed by atoms with E-state index in [1.54, 1.807) is 26.0 Å². The Morgan fingerprint density at radius 2 is 2.00 bits per heavy atom. The van der Waals surface area contributed by atoms with Crippen molar-refractivity contribution in [3.05, 3.63) is 23.8 Å². The molecule has 1 amide bonds. The van der Waals surface area contributed by atoms with E-state index in [4.69, 9.17) is 4.74 Å². The number of unbranched alkanes of at least 4 members (excludes halogenated alkanes) is 1. The average Bonchev–Trinajstić information content (AvgIpc) is 2.52. The summed E-state index contributed by atoms with van der Waals surface area (Å²) in [4.78, 5) is 12.1. The Bertz CT molecular complexity index is 629. The first-order chi connectivity index (χ1) is 10.9. The van der Waals surface area contributed by atoms with Crippen LogP contribution in [0.3, 0.4) is 0 Å². The fraction of sp³-hybridized carbons (Fsp3) is 0.562. The van der Waals surface area contributed by atoms with E-state index in [1.807, 2.05) is 6.92 Å². The molecule has 0 aromatic heterocycles. The van der Waals surface area contributed by atoms with Gasteiger partial charge in [0.25, 0.3) is 0 Å². The van der Waals surface area contributed by atoms with Crippen molar-refractivity contribution in [2.75, 3.05) is 26.7 Å². The number of likely N-dealkylation sites (N-methyl/N-ethyl adjacent to an activating group) is 1. The molecule has 130 valence electrons. The number of rotatable bonds is 9. The standard InChI is InChI=1S/C16H26N2O4S/c1-5-7-10-17-16(19)12-18(6-2)23(20,21)14-8-9-15(22-4)13(3)11-14/h8-9,11H,5-7,10,12H2,1-4H3,(H,17,19). The van der Waals surface area contributed by atoms with Crippen LogP contribution < -0.4 is 10.1 Å². The Morgan fingerprint density at radius 3 is 2.52 bits per heavy atom. The summed E-state index contributed by atoms with van der Waals surface area (Å²) in [6.07, 6.45) is 1.85. The first kappa shape index (κ1) is 19.4. The number of methoxy groups -OCH3 is 1. The molecular weight excluding hydrogens is 316 g/mol. The highest BCUT2D eigenvalue weighted by Crippen LogP contribution is 2.23. The number of nitrogens with zero attached hydrogens (tertiary/aromatic N) is 1. The van der Waals surface area contributed by atoms with E-state index in [0.29, 0.717) is 12.3 Å². The third-order valence-electron chi connectivity index (χ3n) is 3.53. The van der Waals surface area contributed by atoms with Crippen LogP contribution in [0.15, 0.2) is 23.1 Å². The van der Waals surface area contributed by atoms with Crippen LogP contribution in [-0.2, 0) is 14.8 Å². The highest BCUT2D eigenvalue weighted by atomic mass is 32.2. The fourth-order valence-corrected chi connectivity index (χ4v) is 3.64. The summed E-state index contributed by atoms with van der Waals surface area (Å²) in [5.41, 5.74) is 0.733. The Hall–Kier alpha value is -1.60. The number of hydrogen-bond acceptors (Lipinski definition) is 4. The van der Waals surface area contributed by atoms with Crippen molar-refractivity contribution in [3.8, 4) is 5.75 Å². The summed E-state index contributed by atoms with van der Waals surface area (Å²) >= 11 is 0. The number of nitrogens with one attached hydrogen (secondary N) is 1. The van der Waals surface area contributed by atoms with Crippen molar-refractivity contribution in [1.82, 2.24) is 9.62 Å². The molecule has 0 unspecified atom stereocenters. The predicted molar refractivity (Wildman–Crippen MR) is 90.1 cm³/mol. The lowest BCUT2D eigenvalue weighted by atomic mass is 10.2. The smallest absolute Gasteiger partial charge is 0.243 e. The maximum absolute atomic E-state index is 12.7. The van der Waals surface area contributed by atoms with Gasteiger partial charge in [0.05, 0.1) is 18.6 Å². The Balaban J connectivity index is 2.90. The second-order valence-corrected chi connectivity index (χ2v) is 7.20. The molecule has 0 aliphatic carbocycles. The van der Waals surface area contributed by atoms with Gasteiger partial charge in [-0.2, -0.15) is 4.31 Å². The molecule has 0 saturated heterocycles. The van der Waals surface area contributed by atoms with Gasteiger partial charge in [-0.3, -0.25) is 4.79 Å². The molecule has 0 aliphatic rings. The van der Waals surface area contributed by atoms with E-state index in [2.05, 4.69) is 5.32 Å². The molecule has 0 atom stereocenters. The van der Waals surface area contributed by atoms with Gasteiger partial charge in [0, 0.05) is 13.1 Å². The maximum Gasteiger partial charge on any atom is 0.243 e. The van der Waals surface area contributed by atoms with Gasteiger partial charge in [-0.05, 0) is 37.1 Å². The normalized spacial score (nSPS) is 11.5. The van der Waals surface area contributed by atoms with Crippen molar-refractivity contribution in [2.24, 2.45) is 0 Å². The van der Waals surface area contributed by atoms with Gasteiger partial charge >= 0.3 is 0 Å². The largest absolute Gasteiger partial charge is 0.496 e. The van der Waals surface area contributed by atoms with E-state index in [0.717, 1.165) is 18.4 Å².